The average molecular weight is 226 g/mol. The Morgan fingerprint density at radius 2 is 1.75 bits per heavy atom. The third-order valence-electron chi connectivity index (χ3n) is 3.96. The number of hydrazine groups is 1. The van der Waals surface area contributed by atoms with Gasteiger partial charge in [0.15, 0.2) is 0 Å². The van der Waals surface area contributed by atoms with Crippen LogP contribution in [0, 0.1) is 0 Å². The molecule has 0 bridgehead atoms. The molecule has 0 aromatic heterocycles. The maximum atomic E-state index is 3.69. The van der Waals surface area contributed by atoms with E-state index in [-0.39, 0.29) is 0 Å². The van der Waals surface area contributed by atoms with Crippen LogP contribution in [0.3, 0.4) is 0 Å². The zero-order valence-electron chi connectivity index (χ0n) is 10.7. The van der Waals surface area contributed by atoms with Gasteiger partial charge < -0.3 is 10.2 Å². The molecular weight excluding hydrogens is 200 g/mol. The first-order chi connectivity index (χ1) is 7.75. The summed E-state index contributed by atoms with van der Waals surface area (Å²) in [4.78, 5) is 2.42. The van der Waals surface area contributed by atoms with Gasteiger partial charge >= 0.3 is 0 Å². The molecule has 0 radical (unpaired) electrons. The minimum atomic E-state index is 0.691. The topological polar surface area (TPSA) is 30.5 Å². The van der Waals surface area contributed by atoms with Gasteiger partial charge in [0, 0.05) is 19.1 Å². The van der Waals surface area contributed by atoms with E-state index >= 15 is 0 Å². The molecule has 2 aliphatic heterocycles. The normalized spacial score (nSPS) is 26.4. The summed E-state index contributed by atoms with van der Waals surface area (Å²) in [6.45, 7) is 4.81. The van der Waals surface area contributed by atoms with Crippen molar-refractivity contribution in [1.29, 1.82) is 0 Å². The smallest absolute Gasteiger partial charge is 0.0264 e. The Bertz CT molecular complexity index is 195. The van der Waals surface area contributed by atoms with Crippen molar-refractivity contribution in [2.75, 3.05) is 40.3 Å². The zero-order valence-corrected chi connectivity index (χ0v) is 10.7. The van der Waals surface area contributed by atoms with Crippen LogP contribution in [-0.4, -0.2) is 62.3 Å². The largest absolute Gasteiger partial charge is 0.317 e. The van der Waals surface area contributed by atoms with Crippen LogP contribution < -0.4 is 10.7 Å². The van der Waals surface area contributed by atoms with Gasteiger partial charge in [0.05, 0.1) is 0 Å². The molecule has 16 heavy (non-hydrogen) atoms. The van der Waals surface area contributed by atoms with E-state index in [0.717, 1.165) is 6.04 Å². The third kappa shape index (κ3) is 3.42. The molecule has 0 aliphatic carbocycles. The Morgan fingerprint density at radius 3 is 2.38 bits per heavy atom. The quantitative estimate of drug-likeness (QED) is 0.676. The lowest BCUT2D eigenvalue weighted by atomic mass is 10.0. The first-order valence-corrected chi connectivity index (χ1v) is 6.64. The maximum Gasteiger partial charge on any atom is 0.0264 e. The Hall–Kier alpha value is -0.160. The van der Waals surface area contributed by atoms with Crippen LogP contribution >= 0.6 is 0 Å². The second-order valence-corrected chi connectivity index (χ2v) is 5.30. The molecule has 0 spiro atoms. The van der Waals surface area contributed by atoms with Gasteiger partial charge in [0.2, 0.25) is 0 Å². The summed E-state index contributed by atoms with van der Waals surface area (Å²) in [5, 5.41) is 5.79. The van der Waals surface area contributed by atoms with Gasteiger partial charge in [-0.2, -0.15) is 0 Å². The fraction of sp³-hybridized carbons (Fsp3) is 1.00. The molecule has 0 saturated carbocycles. The van der Waals surface area contributed by atoms with E-state index in [1.807, 2.05) is 0 Å². The average Bonchev–Trinajstić information content (AvgIpc) is 2.33. The number of rotatable bonds is 3. The second kappa shape index (κ2) is 5.96. The fourth-order valence-corrected chi connectivity index (χ4v) is 2.73. The van der Waals surface area contributed by atoms with Crippen molar-refractivity contribution in [2.45, 2.75) is 37.8 Å². The van der Waals surface area contributed by atoms with Crippen LogP contribution in [0.4, 0.5) is 0 Å². The first kappa shape index (κ1) is 12.3. The van der Waals surface area contributed by atoms with Crippen LogP contribution in [-0.2, 0) is 0 Å². The van der Waals surface area contributed by atoms with Crippen LogP contribution in [0.25, 0.3) is 0 Å². The number of nitrogens with zero attached hydrogens (tertiary/aromatic N) is 2. The SMILES string of the molecule is CN1CCC(NN(C)C2CCNCC2)CC1. The molecule has 2 rings (SSSR count). The number of nitrogens with one attached hydrogen (secondary N) is 2. The third-order valence-corrected chi connectivity index (χ3v) is 3.96. The molecule has 0 aromatic carbocycles. The minimum Gasteiger partial charge on any atom is -0.317 e. The number of likely N-dealkylation sites (tertiary alicyclic amines) is 1. The fourth-order valence-electron chi connectivity index (χ4n) is 2.73. The van der Waals surface area contributed by atoms with E-state index < -0.39 is 0 Å². The summed E-state index contributed by atoms with van der Waals surface area (Å²) in [7, 11) is 4.43. The molecule has 2 saturated heterocycles. The highest BCUT2D eigenvalue weighted by molar-refractivity contribution is 4.78. The molecule has 0 amide bonds. The maximum absolute atomic E-state index is 3.69. The van der Waals surface area contributed by atoms with E-state index in [1.165, 1.54) is 51.9 Å². The van der Waals surface area contributed by atoms with Crippen LogP contribution in [0.2, 0.25) is 0 Å². The van der Waals surface area contributed by atoms with E-state index in [1.54, 1.807) is 0 Å². The van der Waals surface area contributed by atoms with Gasteiger partial charge in [0.1, 0.15) is 0 Å². The van der Waals surface area contributed by atoms with Crippen molar-refractivity contribution >= 4 is 0 Å². The van der Waals surface area contributed by atoms with Crippen molar-refractivity contribution in [3.63, 3.8) is 0 Å². The highest BCUT2D eigenvalue weighted by Crippen LogP contribution is 2.12. The van der Waals surface area contributed by atoms with Gasteiger partial charge in [0.25, 0.3) is 0 Å². The summed E-state index contributed by atoms with van der Waals surface area (Å²) >= 11 is 0. The van der Waals surface area contributed by atoms with Crippen molar-refractivity contribution in [1.82, 2.24) is 20.7 Å². The van der Waals surface area contributed by atoms with Crippen LogP contribution in [0.5, 0.6) is 0 Å². The van der Waals surface area contributed by atoms with E-state index in [2.05, 4.69) is 34.7 Å². The molecule has 0 unspecified atom stereocenters. The van der Waals surface area contributed by atoms with Gasteiger partial charge in [-0.05, 0) is 58.9 Å². The van der Waals surface area contributed by atoms with Crippen LogP contribution in [0.1, 0.15) is 25.7 Å². The lowest BCUT2D eigenvalue weighted by Crippen LogP contribution is -2.53. The first-order valence-electron chi connectivity index (χ1n) is 6.64. The minimum absolute atomic E-state index is 0.691. The molecule has 0 atom stereocenters. The molecule has 2 aliphatic rings. The molecule has 2 heterocycles. The van der Waals surface area contributed by atoms with E-state index in [9.17, 15) is 0 Å². The Labute approximate surface area is 99.3 Å². The molecule has 0 aromatic rings. The molecular formula is C12H26N4. The van der Waals surface area contributed by atoms with Gasteiger partial charge in [-0.25, -0.2) is 5.01 Å². The summed E-state index contributed by atoms with van der Waals surface area (Å²) in [6.07, 6.45) is 5.11. The summed E-state index contributed by atoms with van der Waals surface area (Å²) in [5.74, 6) is 0. The van der Waals surface area contributed by atoms with E-state index in [0.29, 0.717) is 6.04 Å². The van der Waals surface area contributed by atoms with Crippen LogP contribution in [0.15, 0.2) is 0 Å². The molecule has 2 fully saturated rings. The number of hydrogen-bond acceptors (Lipinski definition) is 4. The van der Waals surface area contributed by atoms with Crippen molar-refractivity contribution in [3.05, 3.63) is 0 Å². The molecule has 4 heteroatoms. The van der Waals surface area contributed by atoms with Gasteiger partial charge in [-0.3, -0.25) is 5.43 Å². The monoisotopic (exact) mass is 226 g/mol. The zero-order chi connectivity index (χ0) is 11.4. The predicted molar refractivity (Wildman–Crippen MR) is 67.3 cm³/mol. The van der Waals surface area contributed by atoms with Crippen molar-refractivity contribution in [2.24, 2.45) is 0 Å². The number of piperidine rings is 2. The molecule has 94 valence electrons. The highest BCUT2D eigenvalue weighted by atomic mass is 15.5. The lowest BCUT2D eigenvalue weighted by Gasteiger charge is -2.37. The lowest BCUT2D eigenvalue weighted by molar-refractivity contribution is 0.0882. The van der Waals surface area contributed by atoms with Crippen molar-refractivity contribution < 1.29 is 0 Å². The highest BCUT2D eigenvalue weighted by Gasteiger charge is 2.22. The number of hydrogen-bond donors (Lipinski definition) is 2. The van der Waals surface area contributed by atoms with E-state index in [4.69, 9.17) is 0 Å². The van der Waals surface area contributed by atoms with Gasteiger partial charge in [-0.1, -0.05) is 0 Å². The molecule has 4 nitrogen and oxygen atoms in total. The molecule has 2 N–H and O–H groups in total. The standard InChI is InChI=1S/C12H26N4/c1-15-9-5-11(6-10-15)14-16(2)12-3-7-13-8-4-12/h11-14H,3-10H2,1-2H3. The Balaban J connectivity index is 1.71. The Kier molecular flexibility index (Phi) is 4.58. The predicted octanol–water partition coefficient (Wildman–Crippen LogP) is 0.269. The Morgan fingerprint density at radius 1 is 1.12 bits per heavy atom. The summed E-state index contributed by atoms with van der Waals surface area (Å²) in [5.41, 5.74) is 3.69. The van der Waals surface area contributed by atoms with Gasteiger partial charge in [-0.15, -0.1) is 0 Å². The summed E-state index contributed by atoms with van der Waals surface area (Å²) < 4.78 is 0. The second-order valence-electron chi connectivity index (χ2n) is 5.30. The van der Waals surface area contributed by atoms with Crippen molar-refractivity contribution in [3.8, 4) is 0 Å². The summed E-state index contributed by atoms with van der Waals surface area (Å²) in [6, 6.07) is 1.41.